The quantitative estimate of drug-likeness (QED) is 0.849. The lowest BCUT2D eigenvalue weighted by atomic mass is 9.92. The molecule has 130 valence electrons. The molecular formula is C18H25N3O3. The van der Waals surface area contributed by atoms with E-state index >= 15 is 0 Å². The van der Waals surface area contributed by atoms with E-state index in [1.807, 2.05) is 36.1 Å². The Morgan fingerprint density at radius 1 is 1.38 bits per heavy atom. The van der Waals surface area contributed by atoms with Gasteiger partial charge in [-0.3, -0.25) is 4.68 Å². The Hall–Kier alpha value is -2.05. The minimum absolute atomic E-state index is 0.230. The second kappa shape index (κ2) is 7.23. The van der Waals surface area contributed by atoms with Crippen LogP contribution < -0.4 is 14.8 Å². The first-order valence-electron chi connectivity index (χ1n) is 8.28. The number of fused-ring (bicyclic) bond motifs is 1. The van der Waals surface area contributed by atoms with Crippen molar-refractivity contribution in [3.8, 4) is 11.5 Å². The summed E-state index contributed by atoms with van der Waals surface area (Å²) in [6.07, 6.45) is 4.52. The van der Waals surface area contributed by atoms with Gasteiger partial charge in [0.05, 0.1) is 26.5 Å². The standard InChI is InChI=1S/C18H25N3O3/c1-21-16-6-4-5-15(14(16)10-20-21)19-11-17(22)13-9-12(23-2)7-8-18(13)24-3/h7-10,15,17,19,22H,4-6,11H2,1-3H3/t15-,17-/m1/s1. The normalized spacial score (nSPS) is 18.1. The summed E-state index contributed by atoms with van der Waals surface area (Å²) in [6.45, 7) is 0.447. The van der Waals surface area contributed by atoms with E-state index in [9.17, 15) is 5.11 Å². The van der Waals surface area contributed by atoms with E-state index in [0.29, 0.717) is 18.0 Å². The van der Waals surface area contributed by atoms with Crippen LogP contribution in [0.2, 0.25) is 0 Å². The third kappa shape index (κ3) is 3.25. The van der Waals surface area contributed by atoms with E-state index in [2.05, 4.69) is 10.4 Å². The number of nitrogens with zero attached hydrogens (tertiary/aromatic N) is 2. The summed E-state index contributed by atoms with van der Waals surface area (Å²) < 4.78 is 12.6. The summed E-state index contributed by atoms with van der Waals surface area (Å²) in [5.41, 5.74) is 3.26. The van der Waals surface area contributed by atoms with E-state index in [1.165, 1.54) is 11.3 Å². The molecule has 2 N–H and O–H groups in total. The second-order valence-electron chi connectivity index (χ2n) is 6.15. The fraction of sp³-hybridized carbons (Fsp3) is 0.500. The number of benzene rings is 1. The minimum atomic E-state index is -0.669. The van der Waals surface area contributed by atoms with Crippen LogP contribution in [0, 0.1) is 0 Å². The summed E-state index contributed by atoms with van der Waals surface area (Å²) >= 11 is 0. The van der Waals surface area contributed by atoms with Crippen molar-refractivity contribution >= 4 is 0 Å². The molecule has 1 aliphatic carbocycles. The van der Waals surface area contributed by atoms with Crippen LogP contribution in [-0.2, 0) is 13.5 Å². The molecule has 6 heteroatoms. The van der Waals surface area contributed by atoms with Crippen molar-refractivity contribution in [2.24, 2.45) is 7.05 Å². The van der Waals surface area contributed by atoms with E-state index in [0.717, 1.165) is 24.8 Å². The average Bonchev–Trinajstić information content (AvgIpc) is 3.01. The Bertz CT molecular complexity index is 699. The van der Waals surface area contributed by atoms with Gasteiger partial charge in [-0.05, 0) is 37.5 Å². The first-order chi connectivity index (χ1) is 11.6. The second-order valence-corrected chi connectivity index (χ2v) is 6.15. The Labute approximate surface area is 142 Å². The highest BCUT2D eigenvalue weighted by atomic mass is 16.5. The molecule has 24 heavy (non-hydrogen) atoms. The van der Waals surface area contributed by atoms with Crippen molar-refractivity contribution in [3.05, 3.63) is 41.2 Å². The van der Waals surface area contributed by atoms with Crippen molar-refractivity contribution in [2.75, 3.05) is 20.8 Å². The smallest absolute Gasteiger partial charge is 0.124 e. The van der Waals surface area contributed by atoms with Gasteiger partial charge in [0.1, 0.15) is 11.5 Å². The molecule has 0 unspecified atom stereocenters. The first kappa shape index (κ1) is 16.8. The predicted molar refractivity (Wildman–Crippen MR) is 91.4 cm³/mol. The number of hydrogen-bond donors (Lipinski definition) is 2. The molecule has 3 rings (SSSR count). The highest BCUT2D eigenvalue weighted by molar-refractivity contribution is 5.41. The van der Waals surface area contributed by atoms with Crippen molar-refractivity contribution in [2.45, 2.75) is 31.4 Å². The lowest BCUT2D eigenvalue weighted by molar-refractivity contribution is 0.163. The van der Waals surface area contributed by atoms with Crippen molar-refractivity contribution in [1.29, 1.82) is 0 Å². The number of ether oxygens (including phenoxy) is 2. The number of methoxy groups -OCH3 is 2. The highest BCUT2D eigenvalue weighted by Crippen LogP contribution is 2.32. The Kier molecular flexibility index (Phi) is 5.06. The molecule has 2 aromatic rings. The van der Waals surface area contributed by atoms with Gasteiger partial charge in [-0.15, -0.1) is 0 Å². The zero-order valence-electron chi connectivity index (χ0n) is 14.5. The molecule has 6 nitrogen and oxygen atoms in total. The summed E-state index contributed by atoms with van der Waals surface area (Å²) in [4.78, 5) is 0. The molecule has 0 spiro atoms. The molecule has 0 amide bonds. The predicted octanol–water partition coefficient (Wildman–Crippen LogP) is 2.14. The zero-order valence-corrected chi connectivity index (χ0v) is 14.5. The largest absolute Gasteiger partial charge is 0.497 e. The molecular weight excluding hydrogens is 306 g/mol. The van der Waals surface area contributed by atoms with Crippen molar-refractivity contribution < 1.29 is 14.6 Å². The zero-order chi connectivity index (χ0) is 17.1. The Morgan fingerprint density at radius 3 is 2.96 bits per heavy atom. The molecule has 1 aromatic carbocycles. The molecule has 2 atom stereocenters. The maximum atomic E-state index is 10.6. The Morgan fingerprint density at radius 2 is 2.21 bits per heavy atom. The number of rotatable bonds is 6. The lowest BCUT2D eigenvalue weighted by Gasteiger charge is -2.25. The molecule has 0 fully saturated rings. The molecule has 0 aliphatic heterocycles. The molecule has 1 heterocycles. The fourth-order valence-electron chi connectivity index (χ4n) is 3.38. The van der Waals surface area contributed by atoms with Gasteiger partial charge in [-0.2, -0.15) is 5.10 Å². The number of nitrogens with one attached hydrogen (secondary N) is 1. The van der Waals surface area contributed by atoms with Gasteiger partial charge < -0.3 is 19.9 Å². The SMILES string of the molecule is COc1ccc(OC)c([C@H](O)CN[C@@H]2CCCc3c2cnn3C)c1. The monoisotopic (exact) mass is 331 g/mol. The van der Waals surface area contributed by atoms with Gasteiger partial charge in [-0.25, -0.2) is 0 Å². The third-order valence-electron chi connectivity index (χ3n) is 4.73. The van der Waals surface area contributed by atoms with Crippen LogP contribution >= 0.6 is 0 Å². The molecule has 0 bridgehead atoms. The maximum Gasteiger partial charge on any atom is 0.124 e. The summed E-state index contributed by atoms with van der Waals surface area (Å²) in [7, 11) is 5.20. The van der Waals surface area contributed by atoms with E-state index in [-0.39, 0.29) is 6.04 Å². The topological polar surface area (TPSA) is 68.5 Å². The highest BCUT2D eigenvalue weighted by Gasteiger charge is 2.24. The lowest BCUT2D eigenvalue weighted by Crippen LogP contribution is -2.29. The van der Waals surface area contributed by atoms with Crippen molar-refractivity contribution in [1.82, 2.24) is 15.1 Å². The third-order valence-corrected chi connectivity index (χ3v) is 4.73. The molecule has 0 saturated heterocycles. The fourth-order valence-corrected chi connectivity index (χ4v) is 3.38. The van der Waals surface area contributed by atoms with Gasteiger partial charge in [0.15, 0.2) is 0 Å². The number of aromatic nitrogens is 2. The van der Waals surface area contributed by atoms with Crippen LogP contribution in [0.5, 0.6) is 11.5 Å². The number of aryl methyl sites for hydroxylation is 1. The average molecular weight is 331 g/mol. The first-order valence-corrected chi connectivity index (χ1v) is 8.28. The summed E-state index contributed by atoms with van der Waals surface area (Å²) in [6, 6.07) is 5.69. The van der Waals surface area contributed by atoms with Gasteiger partial charge in [-0.1, -0.05) is 0 Å². The van der Waals surface area contributed by atoms with Crippen LogP contribution in [0.4, 0.5) is 0 Å². The molecule has 1 aliphatic rings. The maximum absolute atomic E-state index is 10.6. The van der Waals surface area contributed by atoms with Gasteiger partial charge in [0, 0.05) is 36.5 Å². The molecule has 1 aromatic heterocycles. The molecule has 0 radical (unpaired) electrons. The van der Waals surface area contributed by atoms with E-state index in [1.54, 1.807) is 14.2 Å². The van der Waals surface area contributed by atoms with E-state index < -0.39 is 6.10 Å². The number of hydrogen-bond acceptors (Lipinski definition) is 5. The van der Waals surface area contributed by atoms with Gasteiger partial charge in [0.2, 0.25) is 0 Å². The Balaban J connectivity index is 1.71. The van der Waals surface area contributed by atoms with Crippen LogP contribution in [-0.4, -0.2) is 35.7 Å². The number of aliphatic hydroxyl groups excluding tert-OH is 1. The van der Waals surface area contributed by atoms with Gasteiger partial charge >= 0.3 is 0 Å². The van der Waals surface area contributed by atoms with Crippen molar-refractivity contribution in [3.63, 3.8) is 0 Å². The van der Waals surface area contributed by atoms with E-state index in [4.69, 9.17) is 9.47 Å². The van der Waals surface area contributed by atoms with Crippen LogP contribution in [0.15, 0.2) is 24.4 Å². The number of aliphatic hydroxyl groups is 1. The molecule has 0 saturated carbocycles. The summed E-state index contributed by atoms with van der Waals surface area (Å²) in [5.74, 6) is 1.37. The van der Waals surface area contributed by atoms with Gasteiger partial charge in [0.25, 0.3) is 0 Å². The van der Waals surface area contributed by atoms with Crippen LogP contribution in [0.1, 0.15) is 41.8 Å². The van der Waals surface area contributed by atoms with Crippen LogP contribution in [0.3, 0.4) is 0 Å². The van der Waals surface area contributed by atoms with Crippen LogP contribution in [0.25, 0.3) is 0 Å². The summed E-state index contributed by atoms with van der Waals surface area (Å²) in [5, 5.41) is 18.5. The minimum Gasteiger partial charge on any atom is -0.497 e.